The number of hydrogen-bond acceptors (Lipinski definition) is 3. The van der Waals surface area contributed by atoms with Crippen LogP contribution in [-0.2, 0) is 0 Å². The summed E-state index contributed by atoms with van der Waals surface area (Å²) in [6.07, 6.45) is 9.31. The fraction of sp³-hybridized carbons (Fsp3) is 1.00. The molecule has 0 aromatic rings. The summed E-state index contributed by atoms with van der Waals surface area (Å²) in [6.45, 7) is 10.6. The lowest BCUT2D eigenvalue weighted by Crippen LogP contribution is -2.55. The first kappa shape index (κ1) is 17.2. The number of hydrogen-bond donors (Lipinski definition) is 2. The molecule has 2 unspecified atom stereocenters. The molecule has 0 aromatic heterocycles. The molecule has 0 heterocycles. The van der Waals surface area contributed by atoms with Crippen molar-refractivity contribution in [1.82, 2.24) is 10.2 Å². The van der Waals surface area contributed by atoms with Gasteiger partial charge in [0.25, 0.3) is 0 Å². The molecule has 2 saturated carbocycles. The van der Waals surface area contributed by atoms with Crippen LogP contribution >= 0.6 is 0 Å². The molecule has 21 heavy (non-hydrogen) atoms. The molecule has 2 rings (SSSR count). The van der Waals surface area contributed by atoms with E-state index in [0.29, 0.717) is 18.1 Å². The number of rotatable bonds is 8. The third-order valence-electron chi connectivity index (χ3n) is 5.77. The van der Waals surface area contributed by atoms with Crippen molar-refractivity contribution in [2.24, 2.45) is 11.3 Å². The van der Waals surface area contributed by atoms with E-state index in [2.05, 4.69) is 31.0 Å². The van der Waals surface area contributed by atoms with Crippen LogP contribution < -0.4 is 5.32 Å². The maximum Gasteiger partial charge on any atom is 0.0558 e. The van der Waals surface area contributed by atoms with Crippen molar-refractivity contribution in [3.63, 3.8) is 0 Å². The molecule has 2 aliphatic carbocycles. The van der Waals surface area contributed by atoms with Crippen LogP contribution in [0.25, 0.3) is 0 Å². The van der Waals surface area contributed by atoms with E-state index in [1.807, 2.05) is 0 Å². The molecule has 3 heteroatoms. The van der Waals surface area contributed by atoms with Gasteiger partial charge in [0.05, 0.1) is 6.61 Å². The van der Waals surface area contributed by atoms with Crippen molar-refractivity contribution in [3.05, 3.63) is 0 Å². The van der Waals surface area contributed by atoms with Crippen molar-refractivity contribution >= 4 is 0 Å². The molecule has 0 amide bonds. The van der Waals surface area contributed by atoms with Gasteiger partial charge >= 0.3 is 0 Å². The van der Waals surface area contributed by atoms with E-state index in [1.165, 1.54) is 51.5 Å². The highest BCUT2D eigenvalue weighted by Crippen LogP contribution is 2.40. The Morgan fingerprint density at radius 2 is 1.95 bits per heavy atom. The molecular formula is C18H36N2O. The summed E-state index contributed by atoms with van der Waals surface area (Å²) in [5.41, 5.74) is 0.405. The Bertz CT molecular complexity index is 302. The van der Waals surface area contributed by atoms with Crippen molar-refractivity contribution in [2.75, 3.05) is 26.2 Å². The maximum absolute atomic E-state index is 9.39. The Kier molecular flexibility index (Phi) is 6.51. The van der Waals surface area contributed by atoms with Gasteiger partial charge in [0.1, 0.15) is 0 Å². The maximum atomic E-state index is 9.39. The summed E-state index contributed by atoms with van der Waals surface area (Å²) in [7, 11) is 0. The van der Waals surface area contributed by atoms with Crippen LogP contribution in [0, 0.1) is 11.3 Å². The second-order valence-corrected chi connectivity index (χ2v) is 7.88. The molecule has 2 aliphatic rings. The average molecular weight is 296 g/mol. The third-order valence-corrected chi connectivity index (χ3v) is 5.77. The van der Waals surface area contributed by atoms with Gasteiger partial charge in [-0.1, -0.05) is 33.6 Å². The number of aliphatic hydroxyl groups is 1. The molecule has 2 fully saturated rings. The molecule has 0 radical (unpaired) electrons. The molecule has 0 spiro atoms. The largest absolute Gasteiger partial charge is 0.395 e. The Hall–Kier alpha value is -0.120. The molecule has 0 saturated heterocycles. The fourth-order valence-corrected chi connectivity index (χ4v) is 4.32. The first-order valence-corrected chi connectivity index (χ1v) is 9.16. The minimum absolute atomic E-state index is 0.305. The van der Waals surface area contributed by atoms with Crippen LogP contribution in [0.4, 0.5) is 0 Å². The number of nitrogens with one attached hydrogen (secondary N) is 1. The molecule has 2 atom stereocenters. The second kappa shape index (κ2) is 7.94. The highest BCUT2D eigenvalue weighted by molar-refractivity contribution is 4.95. The van der Waals surface area contributed by atoms with Crippen LogP contribution in [0.3, 0.4) is 0 Å². The first-order chi connectivity index (χ1) is 10.1. The Labute approximate surface area is 131 Å². The third kappa shape index (κ3) is 4.43. The van der Waals surface area contributed by atoms with Gasteiger partial charge < -0.3 is 10.4 Å². The zero-order valence-corrected chi connectivity index (χ0v) is 14.4. The predicted octanol–water partition coefficient (Wildman–Crippen LogP) is 3.03. The zero-order chi connectivity index (χ0) is 15.3. The van der Waals surface area contributed by atoms with E-state index in [9.17, 15) is 5.11 Å². The van der Waals surface area contributed by atoms with Crippen molar-refractivity contribution < 1.29 is 5.11 Å². The Morgan fingerprint density at radius 3 is 2.52 bits per heavy atom. The highest BCUT2D eigenvalue weighted by Gasteiger charge is 2.40. The monoisotopic (exact) mass is 296 g/mol. The van der Waals surface area contributed by atoms with Gasteiger partial charge in [0.2, 0.25) is 0 Å². The van der Waals surface area contributed by atoms with E-state index >= 15 is 0 Å². The number of nitrogens with zero attached hydrogens (tertiary/aromatic N) is 1. The van der Waals surface area contributed by atoms with Gasteiger partial charge in [-0.05, 0) is 50.0 Å². The summed E-state index contributed by atoms with van der Waals surface area (Å²) >= 11 is 0. The highest BCUT2D eigenvalue weighted by atomic mass is 16.3. The molecule has 0 bridgehead atoms. The van der Waals surface area contributed by atoms with Gasteiger partial charge in [-0.2, -0.15) is 0 Å². The fourth-order valence-electron chi connectivity index (χ4n) is 4.32. The summed E-state index contributed by atoms with van der Waals surface area (Å²) in [6, 6.07) is 1.38. The Morgan fingerprint density at radius 1 is 1.19 bits per heavy atom. The van der Waals surface area contributed by atoms with Gasteiger partial charge in [0.15, 0.2) is 0 Å². The van der Waals surface area contributed by atoms with E-state index < -0.39 is 0 Å². The summed E-state index contributed by atoms with van der Waals surface area (Å²) in [5, 5.41) is 13.2. The Balaban J connectivity index is 1.99. The molecule has 3 nitrogen and oxygen atoms in total. The SMILES string of the molecule is CCCNC1C(CN(CCO)C2CCC2)CCCC1(C)C. The van der Waals surface area contributed by atoms with Gasteiger partial charge in [-0.25, -0.2) is 0 Å². The van der Waals surface area contributed by atoms with Crippen molar-refractivity contribution in [3.8, 4) is 0 Å². The van der Waals surface area contributed by atoms with Crippen molar-refractivity contribution in [2.45, 2.75) is 77.8 Å². The second-order valence-electron chi connectivity index (χ2n) is 7.88. The van der Waals surface area contributed by atoms with Crippen LogP contribution in [0.2, 0.25) is 0 Å². The minimum atomic E-state index is 0.305. The zero-order valence-electron chi connectivity index (χ0n) is 14.4. The van der Waals surface area contributed by atoms with E-state index in [1.54, 1.807) is 0 Å². The topological polar surface area (TPSA) is 35.5 Å². The lowest BCUT2D eigenvalue weighted by atomic mass is 9.67. The predicted molar refractivity (Wildman–Crippen MR) is 89.5 cm³/mol. The lowest BCUT2D eigenvalue weighted by molar-refractivity contribution is 0.0374. The molecule has 0 aliphatic heterocycles. The summed E-state index contributed by atoms with van der Waals surface area (Å²) in [4.78, 5) is 2.58. The van der Waals surface area contributed by atoms with E-state index in [4.69, 9.17) is 0 Å². The lowest BCUT2D eigenvalue weighted by Gasteiger charge is -2.48. The van der Waals surface area contributed by atoms with Gasteiger partial charge in [0, 0.05) is 25.2 Å². The normalized spacial score (nSPS) is 29.6. The summed E-state index contributed by atoms with van der Waals surface area (Å²) in [5.74, 6) is 0.743. The molecule has 2 N–H and O–H groups in total. The van der Waals surface area contributed by atoms with E-state index in [-0.39, 0.29) is 0 Å². The van der Waals surface area contributed by atoms with Crippen LogP contribution in [0.1, 0.15) is 65.7 Å². The van der Waals surface area contributed by atoms with Crippen LogP contribution in [-0.4, -0.2) is 48.3 Å². The minimum Gasteiger partial charge on any atom is -0.395 e. The molecular weight excluding hydrogens is 260 g/mol. The van der Waals surface area contributed by atoms with E-state index in [0.717, 1.165) is 25.0 Å². The van der Waals surface area contributed by atoms with Crippen LogP contribution in [0.5, 0.6) is 0 Å². The molecule has 124 valence electrons. The van der Waals surface area contributed by atoms with Gasteiger partial charge in [-0.3, -0.25) is 4.90 Å². The summed E-state index contributed by atoms with van der Waals surface area (Å²) < 4.78 is 0. The smallest absolute Gasteiger partial charge is 0.0558 e. The quantitative estimate of drug-likeness (QED) is 0.723. The van der Waals surface area contributed by atoms with Gasteiger partial charge in [-0.15, -0.1) is 0 Å². The average Bonchev–Trinajstić information content (AvgIpc) is 2.35. The molecule has 0 aromatic carbocycles. The number of aliphatic hydroxyl groups excluding tert-OH is 1. The standard InChI is InChI=1S/C18H36N2O/c1-4-11-19-17-15(7-6-10-18(17,2)3)14-20(12-13-21)16-8-5-9-16/h15-17,19,21H,4-14H2,1-3H3. The van der Waals surface area contributed by atoms with Crippen molar-refractivity contribution in [1.29, 1.82) is 0 Å². The first-order valence-electron chi connectivity index (χ1n) is 9.16. The van der Waals surface area contributed by atoms with Crippen LogP contribution in [0.15, 0.2) is 0 Å².